The lowest BCUT2D eigenvalue weighted by molar-refractivity contribution is 0.0785. The van der Waals surface area contributed by atoms with Gasteiger partial charge in [0.2, 0.25) is 0 Å². The number of aromatic nitrogens is 3. The van der Waals surface area contributed by atoms with Crippen molar-refractivity contribution in [3.8, 4) is 0 Å². The van der Waals surface area contributed by atoms with E-state index >= 15 is 0 Å². The number of benzene rings is 1. The molecule has 0 radical (unpaired) electrons. The molecular formula is C20H23N5O3. The van der Waals surface area contributed by atoms with Crippen LogP contribution < -0.4 is 10.2 Å². The minimum absolute atomic E-state index is 0.286. The molecule has 1 fully saturated rings. The Bertz CT molecular complexity index is 1010. The summed E-state index contributed by atoms with van der Waals surface area (Å²) in [7, 11) is 0. The standard InChI is InChI=1S/C20H23N5O3/c1-20(2,28)14-5-3-13(4-6-14)19(27)23-16-11-18(24-10-8-15(26)12-24)25-17(22-16)7-9-21-25/h3-7,9,11,15,26,28H,8,10,12H2,1-2H3,(H,22,23,27)/t15-/m1/s1. The van der Waals surface area contributed by atoms with Crippen molar-refractivity contribution in [1.29, 1.82) is 0 Å². The third kappa shape index (κ3) is 3.56. The molecule has 0 bridgehead atoms. The number of aliphatic hydroxyl groups is 2. The second-order valence-corrected chi connectivity index (χ2v) is 7.58. The number of hydrogen-bond donors (Lipinski definition) is 3. The van der Waals surface area contributed by atoms with E-state index in [2.05, 4.69) is 15.4 Å². The molecule has 3 N–H and O–H groups in total. The molecule has 1 aliphatic heterocycles. The van der Waals surface area contributed by atoms with Gasteiger partial charge in [-0.15, -0.1) is 0 Å². The molecule has 146 valence electrons. The summed E-state index contributed by atoms with van der Waals surface area (Å²) in [6.45, 7) is 4.63. The van der Waals surface area contributed by atoms with Crippen molar-refractivity contribution >= 4 is 23.2 Å². The zero-order valence-corrected chi connectivity index (χ0v) is 15.8. The van der Waals surface area contributed by atoms with E-state index < -0.39 is 5.60 Å². The maximum atomic E-state index is 12.6. The highest BCUT2D eigenvalue weighted by Crippen LogP contribution is 2.24. The van der Waals surface area contributed by atoms with Gasteiger partial charge in [-0.3, -0.25) is 4.79 Å². The van der Waals surface area contributed by atoms with Crippen LogP contribution in [0.1, 0.15) is 36.2 Å². The van der Waals surface area contributed by atoms with Gasteiger partial charge >= 0.3 is 0 Å². The first kappa shape index (κ1) is 18.4. The lowest BCUT2D eigenvalue weighted by atomic mass is 9.97. The van der Waals surface area contributed by atoms with Crippen LogP contribution in [0.4, 0.5) is 11.6 Å². The van der Waals surface area contributed by atoms with Crippen molar-refractivity contribution in [1.82, 2.24) is 14.6 Å². The van der Waals surface area contributed by atoms with Crippen LogP contribution >= 0.6 is 0 Å². The van der Waals surface area contributed by atoms with E-state index in [4.69, 9.17) is 0 Å². The van der Waals surface area contributed by atoms with Gasteiger partial charge < -0.3 is 20.4 Å². The summed E-state index contributed by atoms with van der Waals surface area (Å²) in [5.41, 5.74) is 0.865. The van der Waals surface area contributed by atoms with Crippen LogP contribution in [0.5, 0.6) is 0 Å². The van der Waals surface area contributed by atoms with Gasteiger partial charge in [-0.25, -0.2) is 4.98 Å². The summed E-state index contributed by atoms with van der Waals surface area (Å²) >= 11 is 0. The van der Waals surface area contributed by atoms with Crippen LogP contribution in [0.3, 0.4) is 0 Å². The van der Waals surface area contributed by atoms with E-state index in [0.29, 0.717) is 36.5 Å². The van der Waals surface area contributed by atoms with Gasteiger partial charge in [0.25, 0.3) is 5.91 Å². The van der Waals surface area contributed by atoms with Gasteiger partial charge in [-0.1, -0.05) is 12.1 Å². The molecule has 0 spiro atoms. The number of rotatable bonds is 4. The van der Waals surface area contributed by atoms with E-state index in [1.807, 2.05) is 4.90 Å². The molecule has 3 aromatic rings. The molecule has 2 aromatic heterocycles. The maximum Gasteiger partial charge on any atom is 0.256 e. The van der Waals surface area contributed by atoms with E-state index in [0.717, 1.165) is 11.4 Å². The smallest absolute Gasteiger partial charge is 0.256 e. The molecule has 4 rings (SSSR count). The van der Waals surface area contributed by atoms with E-state index in [9.17, 15) is 15.0 Å². The van der Waals surface area contributed by atoms with Crippen LogP contribution in [-0.4, -0.2) is 49.9 Å². The summed E-state index contributed by atoms with van der Waals surface area (Å²) in [5, 5.41) is 27.0. The van der Waals surface area contributed by atoms with Crippen molar-refractivity contribution in [3.63, 3.8) is 0 Å². The topological polar surface area (TPSA) is 103 Å². The third-order valence-corrected chi connectivity index (χ3v) is 4.92. The first-order chi connectivity index (χ1) is 13.3. The number of nitrogens with one attached hydrogen (secondary N) is 1. The highest BCUT2D eigenvalue weighted by molar-refractivity contribution is 6.04. The van der Waals surface area contributed by atoms with E-state index in [1.165, 1.54) is 0 Å². The van der Waals surface area contributed by atoms with Gasteiger partial charge in [0.05, 0.1) is 17.9 Å². The van der Waals surface area contributed by atoms with Gasteiger partial charge in [-0.05, 0) is 38.0 Å². The van der Waals surface area contributed by atoms with Crippen molar-refractivity contribution in [2.75, 3.05) is 23.3 Å². The minimum atomic E-state index is -0.960. The van der Waals surface area contributed by atoms with Gasteiger partial charge in [0.15, 0.2) is 5.65 Å². The zero-order valence-electron chi connectivity index (χ0n) is 15.8. The second kappa shape index (κ2) is 6.88. The second-order valence-electron chi connectivity index (χ2n) is 7.58. The van der Waals surface area contributed by atoms with Crippen molar-refractivity contribution in [2.24, 2.45) is 0 Å². The number of fused-ring (bicyclic) bond motifs is 1. The van der Waals surface area contributed by atoms with Gasteiger partial charge in [0.1, 0.15) is 11.6 Å². The summed E-state index contributed by atoms with van der Waals surface area (Å²) in [6, 6.07) is 10.4. The Morgan fingerprint density at radius 2 is 2.00 bits per heavy atom. The van der Waals surface area contributed by atoms with E-state index in [1.54, 1.807) is 61.0 Å². The highest BCUT2D eigenvalue weighted by Gasteiger charge is 2.24. The number of anilines is 2. The molecule has 1 aromatic carbocycles. The predicted octanol–water partition coefficient (Wildman–Crippen LogP) is 1.78. The quantitative estimate of drug-likeness (QED) is 0.637. The number of aliphatic hydroxyl groups excluding tert-OH is 1. The largest absolute Gasteiger partial charge is 0.391 e. The van der Waals surface area contributed by atoms with Gasteiger partial charge in [-0.2, -0.15) is 9.61 Å². The fraction of sp³-hybridized carbons (Fsp3) is 0.350. The van der Waals surface area contributed by atoms with Crippen LogP contribution in [0.2, 0.25) is 0 Å². The molecule has 8 heteroatoms. The third-order valence-electron chi connectivity index (χ3n) is 4.92. The number of carbonyl (C=O) groups is 1. The molecule has 0 saturated carbocycles. The SMILES string of the molecule is CC(C)(O)c1ccc(C(=O)Nc2cc(N3CC[C@@H](O)C3)n3nccc3n2)cc1. The molecule has 0 unspecified atom stereocenters. The number of β-amino-alcohol motifs (C(OH)–C–C–N with tert-alkyl or cyclic N) is 1. The van der Waals surface area contributed by atoms with Crippen LogP contribution in [-0.2, 0) is 5.60 Å². The summed E-state index contributed by atoms with van der Waals surface area (Å²) < 4.78 is 1.70. The molecule has 1 saturated heterocycles. The van der Waals surface area contributed by atoms with Crippen LogP contribution in [0.25, 0.3) is 5.65 Å². The number of nitrogens with zero attached hydrogens (tertiary/aromatic N) is 4. The maximum absolute atomic E-state index is 12.6. The first-order valence-electron chi connectivity index (χ1n) is 9.23. The van der Waals surface area contributed by atoms with Crippen molar-refractivity contribution in [2.45, 2.75) is 32.0 Å². The molecule has 8 nitrogen and oxygen atoms in total. The fourth-order valence-electron chi connectivity index (χ4n) is 3.35. The molecular weight excluding hydrogens is 358 g/mol. The molecule has 1 atom stereocenters. The Balaban J connectivity index is 1.60. The summed E-state index contributed by atoms with van der Waals surface area (Å²) in [5.74, 6) is 0.909. The van der Waals surface area contributed by atoms with Crippen LogP contribution in [0, 0.1) is 0 Å². The first-order valence-corrected chi connectivity index (χ1v) is 9.23. The monoisotopic (exact) mass is 381 g/mol. The Labute approximate surface area is 162 Å². The Morgan fingerprint density at radius 3 is 2.64 bits per heavy atom. The predicted molar refractivity (Wildman–Crippen MR) is 105 cm³/mol. The average molecular weight is 381 g/mol. The van der Waals surface area contributed by atoms with E-state index in [-0.39, 0.29) is 12.0 Å². The highest BCUT2D eigenvalue weighted by atomic mass is 16.3. The summed E-state index contributed by atoms with van der Waals surface area (Å²) in [4.78, 5) is 19.1. The zero-order chi connectivity index (χ0) is 19.9. The Morgan fingerprint density at radius 1 is 1.25 bits per heavy atom. The van der Waals surface area contributed by atoms with Crippen LogP contribution in [0.15, 0.2) is 42.6 Å². The normalized spacial score (nSPS) is 17.3. The lowest BCUT2D eigenvalue weighted by Crippen LogP contribution is -2.24. The number of hydrogen-bond acceptors (Lipinski definition) is 6. The molecule has 0 aliphatic carbocycles. The minimum Gasteiger partial charge on any atom is -0.391 e. The van der Waals surface area contributed by atoms with Crippen molar-refractivity contribution in [3.05, 3.63) is 53.7 Å². The number of amides is 1. The average Bonchev–Trinajstić information content (AvgIpc) is 3.29. The van der Waals surface area contributed by atoms with Crippen molar-refractivity contribution < 1.29 is 15.0 Å². The molecule has 28 heavy (non-hydrogen) atoms. The van der Waals surface area contributed by atoms with Gasteiger partial charge in [0, 0.05) is 30.8 Å². The lowest BCUT2D eigenvalue weighted by Gasteiger charge is -2.20. The fourth-order valence-corrected chi connectivity index (χ4v) is 3.35. The Hall–Kier alpha value is -2.97. The molecule has 3 heterocycles. The molecule has 1 aliphatic rings. The summed E-state index contributed by atoms with van der Waals surface area (Å²) in [6.07, 6.45) is 1.98. The Kier molecular flexibility index (Phi) is 4.52. The number of carbonyl (C=O) groups excluding carboxylic acids is 1. The molecule has 1 amide bonds.